The molecule has 2 amide bonds. The van der Waals surface area contributed by atoms with E-state index in [0.717, 1.165) is 5.56 Å². The summed E-state index contributed by atoms with van der Waals surface area (Å²) in [5.74, 6) is -0.658. The monoisotopic (exact) mass is 497 g/mol. The fourth-order valence-corrected chi connectivity index (χ4v) is 3.62. The van der Waals surface area contributed by atoms with Crippen LogP contribution in [0, 0.1) is 11.3 Å². The van der Waals surface area contributed by atoms with E-state index in [1.165, 1.54) is 0 Å². The Hall–Kier alpha value is -3.37. The number of carbonyl (C=O) groups excluding carboxylic acids is 3. The largest absolute Gasteiger partial charge is 0.444 e. The Morgan fingerprint density at radius 1 is 1.06 bits per heavy atom. The summed E-state index contributed by atoms with van der Waals surface area (Å²) in [6.45, 7) is 6.82. The molecule has 8 heteroatoms. The second-order valence-corrected chi connectivity index (χ2v) is 9.77. The molecular formula is C27H32ClN3O4. The molecule has 0 radical (unpaired) electrons. The normalized spacial score (nSPS) is 12.7. The second kappa shape index (κ2) is 12.9. The number of nitrogens with one attached hydrogen (secondary N) is 2. The maximum Gasteiger partial charge on any atom is 0.408 e. The van der Waals surface area contributed by atoms with Crippen molar-refractivity contribution in [3.05, 3.63) is 70.2 Å². The Morgan fingerprint density at radius 3 is 2.37 bits per heavy atom. The Labute approximate surface area is 211 Å². The average molecular weight is 498 g/mol. The van der Waals surface area contributed by atoms with Crippen LogP contribution in [0.2, 0.25) is 5.02 Å². The van der Waals surface area contributed by atoms with Crippen molar-refractivity contribution in [1.29, 1.82) is 5.26 Å². The molecule has 0 aromatic heterocycles. The minimum Gasteiger partial charge on any atom is -0.444 e. The van der Waals surface area contributed by atoms with Gasteiger partial charge in [-0.3, -0.25) is 9.59 Å². The van der Waals surface area contributed by atoms with Gasteiger partial charge in [0, 0.05) is 11.4 Å². The molecule has 0 saturated carbocycles. The summed E-state index contributed by atoms with van der Waals surface area (Å²) >= 11 is 6.01. The zero-order valence-corrected chi connectivity index (χ0v) is 21.3. The van der Waals surface area contributed by atoms with Crippen molar-refractivity contribution >= 4 is 29.4 Å². The van der Waals surface area contributed by atoms with Gasteiger partial charge in [-0.25, -0.2) is 4.79 Å². The Bertz CT molecular complexity index is 1070. The number of rotatable bonds is 10. The van der Waals surface area contributed by atoms with Crippen LogP contribution in [0.15, 0.2) is 48.5 Å². The molecule has 7 nitrogen and oxygen atoms in total. The lowest BCUT2D eigenvalue weighted by atomic mass is 10.00. The van der Waals surface area contributed by atoms with E-state index in [2.05, 4.69) is 16.7 Å². The van der Waals surface area contributed by atoms with Crippen LogP contribution in [0.25, 0.3) is 0 Å². The van der Waals surface area contributed by atoms with Crippen molar-refractivity contribution in [3.8, 4) is 6.07 Å². The summed E-state index contributed by atoms with van der Waals surface area (Å²) in [4.78, 5) is 38.0. The fraction of sp³-hybridized carbons (Fsp3) is 0.407. The zero-order valence-electron chi connectivity index (χ0n) is 20.6. The lowest BCUT2D eigenvalue weighted by Gasteiger charge is -2.24. The van der Waals surface area contributed by atoms with Gasteiger partial charge in [0.05, 0.1) is 17.7 Å². The summed E-state index contributed by atoms with van der Waals surface area (Å²) in [7, 11) is 0. The van der Waals surface area contributed by atoms with Crippen LogP contribution in [0.3, 0.4) is 0 Å². The molecule has 0 heterocycles. The van der Waals surface area contributed by atoms with E-state index in [9.17, 15) is 19.6 Å². The Balaban J connectivity index is 2.01. The fourth-order valence-electron chi connectivity index (χ4n) is 3.42. The molecule has 35 heavy (non-hydrogen) atoms. The van der Waals surface area contributed by atoms with Gasteiger partial charge in [0.1, 0.15) is 11.6 Å². The number of nitrogens with zero attached hydrogens (tertiary/aromatic N) is 1. The first-order valence-electron chi connectivity index (χ1n) is 11.5. The van der Waals surface area contributed by atoms with Gasteiger partial charge in [-0.1, -0.05) is 41.9 Å². The SMILES string of the molecule is C[C@H](NC(=O)[C@@H](CCc1ccccc1)NC(=O)OC(C)(C)C)C(=O)CCc1cc(Cl)ccc1C#N. The number of alkyl carbamates (subject to hydrolysis) is 1. The predicted octanol–water partition coefficient (Wildman–Crippen LogP) is 4.74. The predicted molar refractivity (Wildman–Crippen MR) is 135 cm³/mol. The van der Waals surface area contributed by atoms with E-state index in [1.54, 1.807) is 45.9 Å². The van der Waals surface area contributed by atoms with E-state index < -0.39 is 29.7 Å². The number of ether oxygens (including phenoxy) is 1. The lowest BCUT2D eigenvalue weighted by Crippen LogP contribution is -2.51. The molecule has 0 aliphatic rings. The highest BCUT2D eigenvalue weighted by Crippen LogP contribution is 2.17. The van der Waals surface area contributed by atoms with Crippen molar-refractivity contribution in [1.82, 2.24) is 10.6 Å². The molecule has 2 aromatic carbocycles. The third-order valence-corrected chi connectivity index (χ3v) is 5.48. The number of aryl methyl sites for hydroxylation is 2. The van der Waals surface area contributed by atoms with Crippen LogP contribution in [0.4, 0.5) is 4.79 Å². The van der Waals surface area contributed by atoms with E-state index >= 15 is 0 Å². The summed E-state index contributed by atoms with van der Waals surface area (Å²) in [5.41, 5.74) is 1.45. The molecule has 186 valence electrons. The minimum absolute atomic E-state index is 0.130. The summed E-state index contributed by atoms with van der Waals surface area (Å²) in [6.07, 6.45) is 0.655. The molecule has 2 aromatic rings. The molecule has 0 unspecified atom stereocenters. The van der Waals surface area contributed by atoms with Gasteiger partial charge in [-0.2, -0.15) is 5.26 Å². The summed E-state index contributed by atoms with van der Waals surface area (Å²) in [5, 5.41) is 15.1. The third-order valence-electron chi connectivity index (χ3n) is 5.24. The highest BCUT2D eigenvalue weighted by atomic mass is 35.5. The molecule has 0 aliphatic heterocycles. The highest BCUT2D eigenvalue weighted by Gasteiger charge is 2.26. The van der Waals surface area contributed by atoms with Gasteiger partial charge in [-0.15, -0.1) is 0 Å². The molecule has 2 N–H and O–H groups in total. The van der Waals surface area contributed by atoms with Crippen LogP contribution in [-0.4, -0.2) is 35.5 Å². The van der Waals surface area contributed by atoms with Crippen molar-refractivity contribution in [3.63, 3.8) is 0 Å². The van der Waals surface area contributed by atoms with Crippen molar-refractivity contribution in [2.24, 2.45) is 0 Å². The number of carbonyl (C=O) groups is 3. The van der Waals surface area contributed by atoms with E-state index in [-0.39, 0.29) is 12.2 Å². The number of Topliss-reactive ketones (excluding diaryl/α,β-unsaturated/α-hetero) is 1. The van der Waals surface area contributed by atoms with E-state index in [0.29, 0.717) is 35.4 Å². The van der Waals surface area contributed by atoms with E-state index in [1.807, 2.05) is 30.3 Å². The quantitative estimate of drug-likeness (QED) is 0.492. The van der Waals surface area contributed by atoms with Crippen LogP contribution >= 0.6 is 11.6 Å². The first-order valence-corrected chi connectivity index (χ1v) is 11.9. The second-order valence-electron chi connectivity index (χ2n) is 9.33. The van der Waals surface area contributed by atoms with E-state index in [4.69, 9.17) is 16.3 Å². The third kappa shape index (κ3) is 9.79. The molecule has 0 bridgehead atoms. The van der Waals surface area contributed by atoms with Crippen LogP contribution < -0.4 is 10.6 Å². The molecule has 0 saturated heterocycles. The van der Waals surface area contributed by atoms with Gasteiger partial charge in [0.2, 0.25) is 5.91 Å². The van der Waals surface area contributed by atoms with Gasteiger partial charge in [-0.05, 0) is 76.3 Å². The standard InChI is InChI=1S/C27H32ClN3O4/c1-18(24(32)15-12-20-16-22(28)13-11-21(20)17-29)30-25(33)23(31-26(34)35-27(2,3)4)14-10-19-8-6-5-7-9-19/h5-9,11,13,16,18,23H,10,12,14-15H2,1-4H3,(H,30,33)(H,31,34)/t18-,23+/m0/s1. The summed E-state index contributed by atoms with van der Waals surface area (Å²) in [6, 6.07) is 15.0. The Morgan fingerprint density at radius 2 is 1.74 bits per heavy atom. The van der Waals surface area contributed by atoms with Crippen LogP contribution in [0.5, 0.6) is 0 Å². The topological polar surface area (TPSA) is 108 Å². The molecule has 0 spiro atoms. The number of ketones is 1. The minimum atomic E-state index is -0.876. The molecule has 2 atom stereocenters. The van der Waals surface area contributed by atoms with Gasteiger partial charge >= 0.3 is 6.09 Å². The van der Waals surface area contributed by atoms with Crippen LogP contribution in [-0.2, 0) is 27.2 Å². The molecule has 2 rings (SSSR count). The number of nitriles is 1. The first-order chi connectivity index (χ1) is 16.5. The van der Waals surface area contributed by atoms with Gasteiger partial charge in [0.15, 0.2) is 5.78 Å². The highest BCUT2D eigenvalue weighted by molar-refractivity contribution is 6.30. The Kier molecular flexibility index (Phi) is 10.3. The molecular weight excluding hydrogens is 466 g/mol. The van der Waals surface area contributed by atoms with Gasteiger partial charge < -0.3 is 15.4 Å². The zero-order chi connectivity index (χ0) is 26.0. The smallest absolute Gasteiger partial charge is 0.408 e. The van der Waals surface area contributed by atoms with Crippen LogP contribution in [0.1, 0.15) is 57.2 Å². The first kappa shape index (κ1) is 27.9. The number of hydrogen-bond acceptors (Lipinski definition) is 5. The number of halogens is 1. The molecule has 0 fully saturated rings. The van der Waals surface area contributed by atoms with Crippen molar-refractivity contribution in [2.75, 3.05) is 0 Å². The van der Waals surface area contributed by atoms with Crippen molar-refractivity contribution in [2.45, 2.75) is 71.1 Å². The lowest BCUT2D eigenvalue weighted by molar-refractivity contribution is -0.128. The molecule has 0 aliphatic carbocycles. The maximum absolute atomic E-state index is 13.0. The van der Waals surface area contributed by atoms with Gasteiger partial charge in [0.25, 0.3) is 0 Å². The van der Waals surface area contributed by atoms with Crippen molar-refractivity contribution < 1.29 is 19.1 Å². The summed E-state index contributed by atoms with van der Waals surface area (Å²) < 4.78 is 5.31. The number of hydrogen-bond donors (Lipinski definition) is 2. The number of benzene rings is 2. The number of amides is 2. The average Bonchev–Trinajstić information content (AvgIpc) is 2.79. The maximum atomic E-state index is 13.0.